The van der Waals surface area contributed by atoms with E-state index in [1.165, 1.54) is 0 Å². The number of ether oxygens (including phenoxy) is 6. The van der Waals surface area contributed by atoms with Crippen molar-refractivity contribution in [3.63, 3.8) is 0 Å². The fourth-order valence-electron chi connectivity index (χ4n) is 3.81. The highest BCUT2D eigenvalue weighted by molar-refractivity contribution is 5.52. The monoisotopic (exact) mass is 492 g/mol. The quantitative estimate of drug-likeness (QED) is 0.339. The largest absolute Gasteiger partial charge is 0.507 e. The number of phenolic OH excluding ortho intramolecular Hbond substituents is 2. The van der Waals surface area contributed by atoms with Gasteiger partial charge in [0, 0.05) is 56.1 Å². The molecule has 196 valence electrons. The van der Waals surface area contributed by atoms with Crippen LogP contribution in [-0.4, -0.2) is 65.1 Å². The minimum Gasteiger partial charge on any atom is -0.507 e. The highest BCUT2D eigenvalue weighted by Gasteiger charge is 2.28. The summed E-state index contributed by atoms with van der Waals surface area (Å²) in [6, 6.07) is 7.82. The van der Waals surface area contributed by atoms with Crippen molar-refractivity contribution in [3.8, 4) is 11.5 Å². The average molecular weight is 493 g/mol. The van der Waals surface area contributed by atoms with Gasteiger partial charge in [-0.3, -0.25) is 0 Å². The second-order valence-electron chi connectivity index (χ2n) is 8.87. The maximum absolute atomic E-state index is 10.8. The first-order valence-corrected chi connectivity index (χ1v) is 11.6. The Morgan fingerprint density at radius 1 is 0.543 bits per heavy atom. The molecule has 8 heteroatoms. The van der Waals surface area contributed by atoms with Crippen molar-refractivity contribution in [1.82, 2.24) is 0 Å². The molecule has 0 aliphatic carbocycles. The lowest BCUT2D eigenvalue weighted by atomic mass is 9.76. The fraction of sp³-hybridized carbons (Fsp3) is 0.556. The smallest absolute Gasteiger partial charge is 0.126 e. The van der Waals surface area contributed by atoms with Crippen LogP contribution in [0.25, 0.3) is 0 Å². The van der Waals surface area contributed by atoms with Gasteiger partial charge in [-0.25, -0.2) is 0 Å². The van der Waals surface area contributed by atoms with Crippen LogP contribution in [0.4, 0.5) is 0 Å². The summed E-state index contributed by atoms with van der Waals surface area (Å²) in [7, 11) is 6.43. The van der Waals surface area contributed by atoms with Gasteiger partial charge in [-0.1, -0.05) is 13.8 Å². The Morgan fingerprint density at radius 2 is 0.886 bits per heavy atom. The maximum atomic E-state index is 10.8. The molecule has 8 nitrogen and oxygen atoms in total. The lowest BCUT2D eigenvalue weighted by molar-refractivity contribution is 0.0605. The van der Waals surface area contributed by atoms with Gasteiger partial charge >= 0.3 is 0 Å². The predicted octanol–water partition coefficient (Wildman–Crippen LogP) is 4.04. The van der Waals surface area contributed by atoms with E-state index in [-0.39, 0.29) is 37.9 Å². The summed E-state index contributed by atoms with van der Waals surface area (Å²) in [4.78, 5) is 0. The van der Waals surface area contributed by atoms with Gasteiger partial charge in [0.1, 0.15) is 11.5 Å². The van der Waals surface area contributed by atoms with Crippen LogP contribution >= 0.6 is 0 Å². The molecule has 0 spiro atoms. The zero-order chi connectivity index (χ0) is 25.8. The van der Waals surface area contributed by atoms with E-state index < -0.39 is 5.41 Å². The van der Waals surface area contributed by atoms with Gasteiger partial charge < -0.3 is 38.6 Å². The van der Waals surface area contributed by atoms with Crippen molar-refractivity contribution in [2.45, 2.75) is 45.7 Å². The lowest BCUT2D eigenvalue weighted by Crippen LogP contribution is -2.21. The first kappa shape index (κ1) is 29.0. The van der Waals surface area contributed by atoms with Crippen LogP contribution in [0.5, 0.6) is 11.5 Å². The number of rotatable bonds is 16. The normalized spacial score (nSPS) is 11.8. The molecule has 0 fully saturated rings. The van der Waals surface area contributed by atoms with Crippen LogP contribution in [0, 0.1) is 0 Å². The van der Waals surface area contributed by atoms with E-state index in [9.17, 15) is 10.2 Å². The van der Waals surface area contributed by atoms with E-state index in [1.807, 2.05) is 24.3 Å². The molecule has 0 radical (unpaired) electrons. The molecule has 2 aromatic rings. The third-order valence-corrected chi connectivity index (χ3v) is 5.96. The average Bonchev–Trinajstić information content (AvgIpc) is 2.83. The zero-order valence-electron chi connectivity index (χ0n) is 21.8. The Labute approximate surface area is 208 Å². The van der Waals surface area contributed by atoms with Crippen LogP contribution in [0.2, 0.25) is 0 Å². The SMILES string of the molecule is COCCOCc1cc(C(C)(C)c2cc(COC)c(O)c(COCCOC)c2)cc(COC)c1O. The van der Waals surface area contributed by atoms with Crippen molar-refractivity contribution < 1.29 is 38.6 Å². The predicted molar refractivity (Wildman–Crippen MR) is 133 cm³/mol. The third-order valence-electron chi connectivity index (χ3n) is 5.96. The number of hydrogen-bond donors (Lipinski definition) is 2. The molecule has 0 aromatic heterocycles. The highest BCUT2D eigenvalue weighted by atomic mass is 16.5. The van der Waals surface area contributed by atoms with Crippen molar-refractivity contribution in [2.24, 2.45) is 0 Å². The van der Waals surface area contributed by atoms with E-state index in [4.69, 9.17) is 28.4 Å². The Morgan fingerprint density at radius 3 is 1.20 bits per heavy atom. The molecule has 0 heterocycles. The number of aromatic hydroxyl groups is 2. The summed E-state index contributed by atoms with van der Waals surface area (Å²) in [5.41, 5.74) is 4.20. The van der Waals surface area contributed by atoms with Crippen LogP contribution in [0.1, 0.15) is 47.2 Å². The number of methoxy groups -OCH3 is 4. The first-order valence-electron chi connectivity index (χ1n) is 11.6. The summed E-state index contributed by atoms with van der Waals surface area (Å²) < 4.78 is 32.1. The number of benzene rings is 2. The van der Waals surface area contributed by atoms with Gasteiger partial charge in [-0.05, 0) is 35.4 Å². The van der Waals surface area contributed by atoms with E-state index in [2.05, 4.69) is 13.8 Å². The van der Waals surface area contributed by atoms with E-state index in [1.54, 1.807) is 28.4 Å². The molecular weight excluding hydrogens is 452 g/mol. The summed E-state index contributed by atoms with van der Waals surface area (Å²) in [6.45, 7) is 7.03. The molecule has 2 aromatic carbocycles. The minimum atomic E-state index is -0.477. The summed E-state index contributed by atoms with van der Waals surface area (Å²) in [6.07, 6.45) is 0. The van der Waals surface area contributed by atoms with Crippen molar-refractivity contribution in [3.05, 3.63) is 57.6 Å². The Bertz CT molecular complexity index is 852. The van der Waals surface area contributed by atoms with Crippen LogP contribution in [-0.2, 0) is 60.3 Å². The molecule has 0 saturated heterocycles. The number of phenols is 2. The topological polar surface area (TPSA) is 95.8 Å². The van der Waals surface area contributed by atoms with Crippen molar-refractivity contribution in [2.75, 3.05) is 54.9 Å². The highest BCUT2D eigenvalue weighted by Crippen LogP contribution is 2.39. The lowest BCUT2D eigenvalue weighted by Gasteiger charge is -2.29. The van der Waals surface area contributed by atoms with Crippen molar-refractivity contribution >= 4 is 0 Å². The molecule has 0 aliphatic rings. The molecular formula is C27H40O8. The van der Waals surface area contributed by atoms with Gasteiger partial charge in [0.25, 0.3) is 0 Å². The molecule has 2 N–H and O–H groups in total. The Balaban J connectivity index is 2.49. The van der Waals surface area contributed by atoms with Gasteiger partial charge in [0.15, 0.2) is 0 Å². The van der Waals surface area contributed by atoms with Gasteiger partial charge in [0.2, 0.25) is 0 Å². The second-order valence-corrected chi connectivity index (χ2v) is 8.87. The van der Waals surface area contributed by atoms with E-state index >= 15 is 0 Å². The molecule has 2 rings (SSSR count). The summed E-state index contributed by atoms with van der Waals surface area (Å²) >= 11 is 0. The Kier molecular flexibility index (Phi) is 11.9. The van der Waals surface area contributed by atoms with Crippen LogP contribution < -0.4 is 0 Å². The van der Waals surface area contributed by atoms with Crippen molar-refractivity contribution in [1.29, 1.82) is 0 Å². The molecule has 0 saturated carbocycles. The third kappa shape index (κ3) is 7.90. The summed E-state index contributed by atoms with van der Waals surface area (Å²) in [5.74, 6) is 0.337. The Hall–Kier alpha value is -2.20. The molecule has 0 atom stereocenters. The van der Waals surface area contributed by atoms with Crippen LogP contribution in [0.15, 0.2) is 24.3 Å². The fourth-order valence-corrected chi connectivity index (χ4v) is 3.81. The van der Waals surface area contributed by atoms with Crippen LogP contribution in [0.3, 0.4) is 0 Å². The molecule has 0 amide bonds. The standard InChI is InChI=1S/C27H40O8/c1-27(2,23-11-19(15-32-5)25(28)21(13-23)17-34-9-7-30-3)24-12-20(16-33-6)26(29)22(14-24)18-35-10-8-31-4/h11-14,28-29H,7-10,15-18H2,1-6H3. The van der Waals surface area contributed by atoms with E-state index in [0.717, 1.165) is 11.1 Å². The molecule has 35 heavy (non-hydrogen) atoms. The van der Waals surface area contributed by atoms with E-state index in [0.29, 0.717) is 48.7 Å². The molecule has 0 bridgehead atoms. The second kappa shape index (κ2) is 14.4. The van der Waals surface area contributed by atoms with Gasteiger partial charge in [0.05, 0.1) is 52.9 Å². The molecule has 0 unspecified atom stereocenters. The minimum absolute atomic E-state index is 0.168. The zero-order valence-corrected chi connectivity index (χ0v) is 21.8. The first-order chi connectivity index (χ1) is 16.8. The summed E-state index contributed by atoms with van der Waals surface area (Å²) in [5, 5.41) is 21.6. The van der Waals surface area contributed by atoms with Gasteiger partial charge in [-0.15, -0.1) is 0 Å². The molecule has 0 aliphatic heterocycles. The number of hydrogen-bond acceptors (Lipinski definition) is 8. The van der Waals surface area contributed by atoms with Gasteiger partial charge in [-0.2, -0.15) is 0 Å². The maximum Gasteiger partial charge on any atom is 0.126 e.